The van der Waals surface area contributed by atoms with Gasteiger partial charge in [-0.3, -0.25) is 9.78 Å². The average molecular weight is 297 g/mol. The smallest absolute Gasteiger partial charge is 0.407 e. The molecule has 0 spiro atoms. The van der Waals surface area contributed by atoms with Crippen molar-refractivity contribution < 1.29 is 18.7 Å². The molecule has 2 amide bonds. The van der Waals surface area contributed by atoms with Gasteiger partial charge in [0.2, 0.25) is 5.91 Å². The van der Waals surface area contributed by atoms with Crippen LogP contribution < -0.4 is 10.6 Å². The molecule has 0 aromatic carbocycles. The lowest BCUT2D eigenvalue weighted by atomic mass is 10.1. The summed E-state index contributed by atoms with van der Waals surface area (Å²) in [5.74, 6) is -0.728. The van der Waals surface area contributed by atoms with Crippen LogP contribution in [0.25, 0.3) is 0 Å². The zero-order chi connectivity index (χ0) is 15.8. The van der Waals surface area contributed by atoms with Crippen molar-refractivity contribution in [1.29, 1.82) is 0 Å². The number of aromatic nitrogens is 1. The Labute approximate surface area is 123 Å². The SMILES string of the molecule is CCc1c(F)cncc1NC(=O)CNC(=O)OCC(C)C. The predicted octanol–water partition coefficient (Wildman–Crippen LogP) is 2.10. The van der Waals surface area contributed by atoms with Gasteiger partial charge in [0.15, 0.2) is 0 Å². The van der Waals surface area contributed by atoms with Crippen LogP contribution >= 0.6 is 0 Å². The van der Waals surface area contributed by atoms with Crippen LogP contribution in [-0.2, 0) is 16.0 Å². The van der Waals surface area contributed by atoms with Crippen LogP contribution in [0, 0.1) is 11.7 Å². The first-order chi connectivity index (χ1) is 9.93. The average Bonchev–Trinajstić information content (AvgIpc) is 2.43. The second-order valence-corrected chi connectivity index (χ2v) is 4.90. The molecule has 1 aromatic heterocycles. The number of ether oxygens (including phenoxy) is 1. The summed E-state index contributed by atoms with van der Waals surface area (Å²) in [7, 11) is 0. The highest BCUT2D eigenvalue weighted by atomic mass is 19.1. The number of carbonyl (C=O) groups is 2. The number of hydrogen-bond acceptors (Lipinski definition) is 4. The summed E-state index contributed by atoms with van der Waals surface area (Å²) in [5.41, 5.74) is 0.681. The van der Waals surface area contributed by atoms with Crippen LogP contribution in [0.2, 0.25) is 0 Å². The Hall–Kier alpha value is -2.18. The number of hydrogen-bond donors (Lipinski definition) is 2. The number of alkyl carbamates (subject to hydrolysis) is 1. The maximum atomic E-state index is 13.5. The number of nitrogens with one attached hydrogen (secondary N) is 2. The van der Waals surface area contributed by atoms with Crippen molar-refractivity contribution in [3.8, 4) is 0 Å². The van der Waals surface area contributed by atoms with Crippen LogP contribution in [0.4, 0.5) is 14.9 Å². The fourth-order valence-electron chi connectivity index (χ4n) is 1.57. The van der Waals surface area contributed by atoms with Crippen LogP contribution in [-0.4, -0.2) is 30.1 Å². The number of halogens is 1. The van der Waals surface area contributed by atoms with Crippen molar-refractivity contribution in [3.63, 3.8) is 0 Å². The van der Waals surface area contributed by atoms with E-state index in [9.17, 15) is 14.0 Å². The van der Waals surface area contributed by atoms with Gasteiger partial charge in [0.25, 0.3) is 0 Å². The molecule has 0 fully saturated rings. The molecule has 1 rings (SSSR count). The molecule has 0 saturated heterocycles. The topological polar surface area (TPSA) is 80.3 Å². The summed E-state index contributed by atoms with van der Waals surface area (Å²) in [5, 5.41) is 4.83. The molecule has 0 aliphatic rings. The normalized spacial score (nSPS) is 10.3. The molecule has 0 unspecified atom stereocenters. The summed E-state index contributed by atoms with van der Waals surface area (Å²) in [4.78, 5) is 26.7. The number of rotatable bonds is 6. The van der Waals surface area contributed by atoms with Crippen LogP contribution in [0.15, 0.2) is 12.4 Å². The first-order valence-corrected chi connectivity index (χ1v) is 6.76. The van der Waals surface area contributed by atoms with E-state index in [2.05, 4.69) is 15.6 Å². The van der Waals surface area contributed by atoms with Crippen molar-refractivity contribution in [3.05, 3.63) is 23.8 Å². The number of pyridine rings is 1. The lowest BCUT2D eigenvalue weighted by molar-refractivity contribution is -0.115. The minimum Gasteiger partial charge on any atom is -0.449 e. The zero-order valence-corrected chi connectivity index (χ0v) is 12.4. The van der Waals surface area contributed by atoms with Crippen LogP contribution in [0.1, 0.15) is 26.3 Å². The summed E-state index contributed by atoms with van der Waals surface area (Å²) in [6.07, 6.45) is 2.23. The summed E-state index contributed by atoms with van der Waals surface area (Å²) >= 11 is 0. The molecule has 1 aromatic rings. The maximum absolute atomic E-state index is 13.5. The second kappa shape index (κ2) is 8.18. The van der Waals surface area contributed by atoms with E-state index in [0.29, 0.717) is 17.7 Å². The quantitative estimate of drug-likeness (QED) is 0.842. The lowest BCUT2D eigenvalue weighted by Crippen LogP contribution is -2.34. The van der Waals surface area contributed by atoms with Crippen molar-refractivity contribution in [2.45, 2.75) is 27.2 Å². The van der Waals surface area contributed by atoms with Gasteiger partial charge >= 0.3 is 6.09 Å². The van der Waals surface area contributed by atoms with Crippen molar-refractivity contribution >= 4 is 17.7 Å². The Balaban J connectivity index is 2.48. The van der Waals surface area contributed by atoms with Crippen LogP contribution in [0.3, 0.4) is 0 Å². The highest BCUT2D eigenvalue weighted by Crippen LogP contribution is 2.17. The number of carbonyl (C=O) groups excluding carboxylic acids is 2. The van der Waals surface area contributed by atoms with Gasteiger partial charge in [-0.15, -0.1) is 0 Å². The van der Waals surface area contributed by atoms with E-state index in [1.165, 1.54) is 6.20 Å². The number of amides is 2. The third kappa shape index (κ3) is 5.76. The molecule has 21 heavy (non-hydrogen) atoms. The number of nitrogens with zero attached hydrogens (tertiary/aromatic N) is 1. The third-order valence-electron chi connectivity index (χ3n) is 2.57. The van der Waals surface area contributed by atoms with Gasteiger partial charge in [-0.1, -0.05) is 20.8 Å². The molecule has 0 aliphatic heterocycles. The highest BCUT2D eigenvalue weighted by molar-refractivity contribution is 5.94. The molecule has 116 valence electrons. The van der Waals surface area contributed by atoms with E-state index in [0.717, 1.165) is 6.20 Å². The predicted molar refractivity (Wildman–Crippen MR) is 76.4 cm³/mol. The Morgan fingerprint density at radius 3 is 2.71 bits per heavy atom. The Kier molecular flexibility index (Phi) is 6.58. The van der Waals surface area contributed by atoms with E-state index in [-0.39, 0.29) is 19.1 Å². The van der Waals surface area contributed by atoms with Gasteiger partial charge in [0.1, 0.15) is 12.4 Å². The second-order valence-electron chi connectivity index (χ2n) is 4.90. The number of anilines is 1. The Morgan fingerprint density at radius 2 is 2.10 bits per heavy atom. The maximum Gasteiger partial charge on any atom is 0.407 e. The van der Waals surface area contributed by atoms with Gasteiger partial charge in [0.05, 0.1) is 24.7 Å². The van der Waals surface area contributed by atoms with Gasteiger partial charge in [-0.2, -0.15) is 0 Å². The lowest BCUT2D eigenvalue weighted by Gasteiger charge is -2.11. The largest absolute Gasteiger partial charge is 0.449 e. The van der Waals surface area contributed by atoms with E-state index in [1.807, 2.05) is 13.8 Å². The molecular formula is C14H20FN3O3. The molecule has 0 saturated carbocycles. The van der Waals surface area contributed by atoms with Crippen molar-refractivity contribution in [2.75, 3.05) is 18.5 Å². The molecule has 0 bridgehead atoms. The zero-order valence-electron chi connectivity index (χ0n) is 12.4. The first kappa shape index (κ1) is 16.9. The molecular weight excluding hydrogens is 277 g/mol. The van der Waals surface area contributed by atoms with Crippen molar-refractivity contribution in [1.82, 2.24) is 10.3 Å². The minimum atomic E-state index is -0.660. The monoisotopic (exact) mass is 297 g/mol. The summed E-state index contributed by atoms with van der Waals surface area (Å²) < 4.78 is 18.4. The van der Waals surface area contributed by atoms with Crippen molar-refractivity contribution in [2.24, 2.45) is 5.92 Å². The Morgan fingerprint density at radius 1 is 1.38 bits per heavy atom. The molecule has 0 radical (unpaired) electrons. The van der Waals surface area contributed by atoms with E-state index >= 15 is 0 Å². The van der Waals surface area contributed by atoms with Crippen LogP contribution in [0.5, 0.6) is 0 Å². The van der Waals surface area contributed by atoms with Gasteiger partial charge in [-0.25, -0.2) is 9.18 Å². The third-order valence-corrected chi connectivity index (χ3v) is 2.57. The molecule has 0 aliphatic carbocycles. The minimum absolute atomic E-state index is 0.218. The van der Waals surface area contributed by atoms with Gasteiger partial charge < -0.3 is 15.4 Å². The van der Waals surface area contributed by atoms with E-state index in [1.54, 1.807) is 6.92 Å². The molecule has 1 heterocycles. The fourth-order valence-corrected chi connectivity index (χ4v) is 1.57. The van der Waals surface area contributed by atoms with E-state index < -0.39 is 17.8 Å². The fraction of sp³-hybridized carbons (Fsp3) is 0.500. The standard InChI is InChI=1S/C14H20FN3O3/c1-4-10-11(15)5-16-6-12(10)18-13(19)7-17-14(20)21-8-9(2)3/h5-6,9H,4,7-8H2,1-3H3,(H,17,20)(H,18,19). The highest BCUT2D eigenvalue weighted by Gasteiger charge is 2.11. The molecule has 7 heteroatoms. The molecule has 0 atom stereocenters. The van der Waals surface area contributed by atoms with E-state index in [4.69, 9.17) is 4.74 Å². The summed E-state index contributed by atoms with van der Waals surface area (Å²) in [6, 6.07) is 0. The first-order valence-electron chi connectivity index (χ1n) is 6.76. The van der Waals surface area contributed by atoms with Gasteiger partial charge in [0, 0.05) is 5.56 Å². The summed E-state index contributed by atoms with van der Waals surface area (Å²) in [6.45, 7) is 5.61. The van der Waals surface area contributed by atoms with Gasteiger partial charge in [-0.05, 0) is 12.3 Å². The Bertz CT molecular complexity index is 506. The molecule has 2 N–H and O–H groups in total. The molecule has 6 nitrogen and oxygen atoms in total.